The van der Waals surface area contributed by atoms with Crippen LogP contribution in [0.15, 0.2) is 12.1 Å². The maximum absolute atomic E-state index is 12.4. The van der Waals surface area contributed by atoms with Crippen molar-refractivity contribution in [2.24, 2.45) is 0 Å². The molecule has 2 rings (SSSR count). The molecule has 1 atom stereocenters. The zero-order chi connectivity index (χ0) is 13.9. The van der Waals surface area contributed by atoms with Crippen molar-refractivity contribution in [3.63, 3.8) is 0 Å². The van der Waals surface area contributed by atoms with E-state index < -0.39 is 11.9 Å². The van der Waals surface area contributed by atoms with Crippen LogP contribution in [-0.2, 0) is 10.9 Å². The minimum Gasteiger partial charge on any atom is -0.377 e. The predicted octanol–water partition coefficient (Wildman–Crippen LogP) is 0.920. The fourth-order valence-electron chi connectivity index (χ4n) is 1.99. The number of hydrogen-bond donors (Lipinski definition) is 1. The standard InChI is InChI=1S/C11H15F3N4O/c1-15-6-8-7-19-5-4-18(8)10-3-2-9(16-17-10)11(12,13)14/h2-3,8,15H,4-7H2,1H3. The van der Waals surface area contributed by atoms with Crippen LogP contribution in [0, 0.1) is 0 Å². The molecule has 8 heteroatoms. The molecule has 0 bridgehead atoms. The van der Waals surface area contributed by atoms with Crippen LogP contribution >= 0.6 is 0 Å². The van der Waals surface area contributed by atoms with Gasteiger partial charge in [0.05, 0.1) is 19.3 Å². The van der Waals surface area contributed by atoms with Gasteiger partial charge >= 0.3 is 6.18 Å². The Kier molecular flexibility index (Phi) is 4.20. The third-order valence-corrected chi connectivity index (χ3v) is 2.90. The fraction of sp³-hybridized carbons (Fsp3) is 0.636. The first kappa shape index (κ1) is 14.0. The summed E-state index contributed by atoms with van der Waals surface area (Å²) in [4.78, 5) is 1.91. The lowest BCUT2D eigenvalue weighted by Gasteiger charge is -2.36. The Morgan fingerprint density at radius 1 is 1.42 bits per heavy atom. The van der Waals surface area contributed by atoms with E-state index in [9.17, 15) is 13.2 Å². The predicted molar refractivity (Wildman–Crippen MR) is 62.9 cm³/mol. The molecular formula is C11H15F3N4O. The molecule has 19 heavy (non-hydrogen) atoms. The molecule has 1 fully saturated rings. The molecule has 0 spiro atoms. The van der Waals surface area contributed by atoms with Crippen LogP contribution in [0.4, 0.5) is 19.0 Å². The molecule has 1 aromatic rings. The molecule has 1 saturated heterocycles. The van der Waals surface area contributed by atoms with Crippen molar-refractivity contribution in [2.45, 2.75) is 12.2 Å². The third kappa shape index (κ3) is 3.32. The van der Waals surface area contributed by atoms with E-state index >= 15 is 0 Å². The number of nitrogens with zero attached hydrogens (tertiary/aromatic N) is 3. The first-order valence-electron chi connectivity index (χ1n) is 5.92. The minimum absolute atomic E-state index is 0.0461. The van der Waals surface area contributed by atoms with E-state index in [0.717, 1.165) is 6.07 Å². The van der Waals surface area contributed by atoms with E-state index in [0.29, 0.717) is 32.1 Å². The van der Waals surface area contributed by atoms with E-state index in [2.05, 4.69) is 15.5 Å². The van der Waals surface area contributed by atoms with Crippen molar-refractivity contribution in [1.29, 1.82) is 0 Å². The lowest BCUT2D eigenvalue weighted by molar-refractivity contribution is -0.141. The summed E-state index contributed by atoms with van der Waals surface area (Å²) in [5, 5.41) is 9.94. The fourth-order valence-corrected chi connectivity index (χ4v) is 1.99. The number of rotatable bonds is 3. The zero-order valence-corrected chi connectivity index (χ0v) is 10.4. The number of ether oxygens (including phenoxy) is 1. The van der Waals surface area contributed by atoms with Gasteiger partial charge in [-0.2, -0.15) is 13.2 Å². The summed E-state index contributed by atoms with van der Waals surface area (Å²) in [5.74, 6) is 0.441. The molecule has 0 aliphatic carbocycles. The van der Waals surface area contributed by atoms with Crippen molar-refractivity contribution in [2.75, 3.05) is 38.3 Å². The Morgan fingerprint density at radius 2 is 2.21 bits per heavy atom. The van der Waals surface area contributed by atoms with E-state index in [4.69, 9.17) is 4.74 Å². The molecule has 1 aliphatic rings. The normalized spacial score (nSPS) is 20.6. The lowest BCUT2D eigenvalue weighted by Crippen LogP contribution is -2.50. The van der Waals surface area contributed by atoms with Crippen LogP contribution in [-0.4, -0.2) is 49.6 Å². The Morgan fingerprint density at radius 3 is 2.79 bits per heavy atom. The average Bonchev–Trinajstić information content (AvgIpc) is 2.39. The summed E-state index contributed by atoms with van der Waals surface area (Å²) < 4.78 is 42.6. The van der Waals surface area contributed by atoms with Gasteiger partial charge in [0.25, 0.3) is 0 Å². The first-order chi connectivity index (χ1) is 9.02. The molecule has 5 nitrogen and oxygen atoms in total. The van der Waals surface area contributed by atoms with Gasteiger partial charge in [0.1, 0.15) is 0 Å². The summed E-state index contributed by atoms with van der Waals surface area (Å²) in [6, 6.07) is 2.35. The maximum atomic E-state index is 12.4. The van der Waals surface area contributed by atoms with Crippen LogP contribution in [0.3, 0.4) is 0 Å². The molecule has 2 heterocycles. The molecule has 0 saturated carbocycles. The second-order valence-corrected chi connectivity index (χ2v) is 4.25. The number of alkyl halides is 3. The second kappa shape index (κ2) is 5.70. The van der Waals surface area contributed by atoms with Crippen LogP contribution in [0.1, 0.15) is 5.69 Å². The zero-order valence-electron chi connectivity index (χ0n) is 10.4. The van der Waals surface area contributed by atoms with Gasteiger partial charge in [-0.1, -0.05) is 0 Å². The number of aromatic nitrogens is 2. The number of nitrogens with one attached hydrogen (secondary N) is 1. The molecule has 1 aliphatic heterocycles. The lowest BCUT2D eigenvalue weighted by atomic mass is 10.2. The first-order valence-corrected chi connectivity index (χ1v) is 5.92. The quantitative estimate of drug-likeness (QED) is 0.889. The van der Waals surface area contributed by atoms with Crippen molar-refractivity contribution >= 4 is 5.82 Å². The largest absolute Gasteiger partial charge is 0.435 e. The van der Waals surface area contributed by atoms with Gasteiger partial charge in [-0.25, -0.2) is 0 Å². The molecule has 0 aromatic carbocycles. The highest BCUT2D eigenvalue weighted by molar-refractivity contribution is 5.39. The summed E-state index contributed by atoms with van der Waals surface area (Å²) >= 11 is 0. The van der Waals surface area contributed by atoms with E-state index in [-0.39, 0.29) is 6.04 Å². The maximum Gasteiger partial charge on any atom is 0.435 e. The number of morpholine rings is 1. The molecular weight excluding hydrogens is 261 g/mol. The number of halogens is 3. The molecule has 1 unspecified atom stereocenters. The van der Waals surface area contributed by atoms with E-state index in [1.807, 2.05) is 11.9 Å². The molecule has 106 valence electrons. The Balaban J connectivity index is 2.15. The van der Waals surface area contributed by atoms with E-state index in [1.165, 1.54) is 6.07 Å². The highest BCUT2D eigenvalue weighted by Crippen LogP contribution is 2.28. The minimum atomic E-state index is -4.46. The third-order valence-electron chi connectivity index (χ3n) is 2.90. The summed E-state index contributed by atoms with van der Waals surface area (Å²) in [6.07, 6.45) is -4.46. The van der Waals surface area contributed by atoms with Gasteiger partial charge in [-0.15, -0.1) is 10.2 Å². The van der Waals surface area contributed by atoms with Crippen molar-refractivity contribution < 1.29 is 17.9 Å². The average molecular weight is 276 g/mol. The summed E-state index contributed by atoms with van der Waals surface area (Å²) in [5.41, 5.74) is -0.977. The molecule has 1 N–H and O–H groups in total. The van der Waals surface area contributed by atoms with Crippen molar-refractivity contribution in [1.82, 2.24) is 15.5 Å². The summed E-state index contributed by atoms with van der Waals surface area (Å²) in [7, 11) is 1.81. The molecule has 1 aromatic heterocycles. The van der Waals surface area contributed by atoms with Gasteiger partial charge in [-0.05, 0) is 19.2 Å². The highest BCUT2D eigenvalue weighted by Gasteiger charge is 2.33. The Labute approximate surface area is 108 Å². The number of hydrogen-bond acceptors (Lipinski definition) is 5. The summed E-state index contributed by atoms with van der Waals surface area (Å²) in [6.45, 7) is 2.31. The van der Waals surface area contributed by atoms with Gasteiger partial charge in [0.2, 0.25) is 0 Å². The van der Waals surface area contributed by atoms with Gasteiger partial charge < -0.3 is 15.0 Å². The van der Waals surface area contributed by atoms with Crippen molar-refractivity contribution in [3.8, 4) is 0 Å². The highest BCUT2D eigenvalue weighted by atomic mass is 19.4. The van der Waals surface area contributed by atoms with Crippen molar-refractivity contribution in [3.05, 3.63) is 17.8 Å². The second-order valence-electron chi connectivity index (χ2n) is 4.25. The molecule has 0 radical (unpaired) electrons. The smallest absolute Gasteiger partial charge is 0.377 e. The van der Waals surface area contributed by atoms with Crippen LogP contribution < -0.4 is 10.2 Å². The topological polar surface area (TPSA) is 50.3 Å². The SMILES string of the molecule is CNCC1COCCN1c1ccc(C(F)(F)F)nn1. The van der Waals surface area contributed by atoms with Gasteiger partial charge in [0, 0.05) is 13.1 Å². The monoisotopic (exact) mass is 276 g/mol. The van der Waals surface area contributed by atoms with Crippen LogP contribution in [0.25, 0.3) is 0 Å². The van der Waals surface area contributed by atoms with Gasteiger partial charge in [-0.3, -0.25) is 0 Å². The Bertz CT molecular complexity index is 407. The number of anilines is 1. The Hall–Kier alpha value is -1.41. The van der Waals surface area contributed by atoms with Crippen LogP contribution in [0.2, 0.25) is 0 Å². The molecule has 0 amide bonds. The van der Waals surface area contributed by atoms with Gasteiger partial charge in [0.15, 0.2) is 11.5 Å². The van der Waals surface area contributed by atoms with Crippen LogP contribution in [0.5, 0.6) is 0 Å². The number of likely N-dealkylation sites (N-methyl/N-ethyl adjacent to an activating group) is 1. The van der Waals surface area contributed by atoms with E-state index in [1.54, 1.807) is 0 Å².